The van der Waals surface area contributed by atoms with Crippen LogP contribution in [0, 0.1) is 6.92 Å². The summed E-state index contributed by atoms with van der Waals surface area (Å²) in [4.78, 5) is 11.7. The number of halogens is 1. The number of hydrogen-bond donors (Lipinski definition) is 1. The van der Waals surface area contributed by atoms with Crippen molar-refractivity contribution >= 4 is 37.0 Å². The topological polar surface area (TPSA) is 63.2 Å². The van der Waals surface area contributed by atoms with Gasteiger partial charge in [0.1, 0.15) is 4.21 Å². The first-order valence-electron chi connectivity index (χ1n) is 5.19. The molecule has 1 aromatic heterocycles. The second kappa shape index (κ2) is 5.84. The minimum absolute atomic E-state index is 0.0415. The maximum Gasteiger partial charge on any atom is 0.271 e. The quantitative estimate of drug-likeness (QED) is 0.670. The molecule has 0 fully saturated rings. The maximum absolute atomic E-state index is 11.7. The van der Waals surface area contributed by atoms with Crippen molar-refractivity contribution in [3.8, 4) is 0 Å². The van der Waals surface area contributed by atoms with Crippen molar-refractivity contribution in [1.82, 2.24) is 5.32 Å². The van der Waals surface area contributed by atoms with Gasteiger partial charge < -0.3 is 5.32 Å². The van der Waals surface area contributed by atoms with Crippen LogP contribution in [-0.4, -0.2) is 20.9 Å². The molecule has 1 aromatic rings. The highest BCUT2D eigenvalue weighted by Gasteiger charge is 2.21. The average Bonchev–Trinajstić information content (AvgIpc) is 2.59. The molecule has 0 unspecified atom stereocenters. The van der Waals surface area contributed by atoms with Crippen molar-refractivity contribution < 1.29 is 13.2 Å². The fourth-order valence-corrected chi connectivity index (χ4v) is 3.89. The standard InChI is InChI=1S/C10H14ClNO3S2/c1-3-4-5-12-9(13)8-6-16-10(7(8)2)17(11,14)15/h6H,3-5H2,1-2H3,(H,12,13). The van der Waals surface area contributed by atoms with Crippen molar-refractivity contribution in [2.75, 3.05) is 6.54 Å². The molecule has 0 aliphatic heterocycles. The van der Waals surface area contributed by atoms with Crippen molar-refractivity contribution in [2.45, 2.75) is 30.9 Å². The van der Waals surface area contributed by atoms with Crippen LogP contribution < -0.4 is 5.32 Å². The molecule has 0 atom stereocenters. The normalized spacial score (nSPS) is 11.5. The predicted molar refractivity (Wildman–Crippen MR) is 69.3 cm³/mol. The molecule has 17 heavy (non-hydrogen) atoms. The average molecular weight is 296 g/mol. The summed E-state index contributed by atoms with van der Waals surface area (Å²) >= 11 is 0.970. The van der Waals surface area contributed by atoms with Gasteiger partial charge in [0.2, 0.25) is 0 Å². The Hall–Kier alpha value is -0.590. The van der Waals surface area contributed by atoms with E-state index in [1.807, 2.05) is 6.92 Å². The van der Waals surface area contributed by atoms with Gasteiger partial charge >= 0.3 is 0 Å². The monoisotopic (exact) mass is 295 g/mol. The van der Waals surface area contributed by atoms with Crippen LogP contribution in [0.5, 0.6) is 0 Å². The fraction of sp³-hybridized carbons (Fsp3) is 0.500. The molecule has 0 spiro atoms. The zero-order chi connectivity index (χ0) is 13.1. The van der Waals surface area contributed by atoms with Gasteiger partial charge in [-0.2, -0.15) is 0 Å². The minimum atomic E-state index is -3.76. The van der Waals surface area contributed by atoms with E-state index >= 15 is 0 Å². The number of thiophene rings is 1. The second-order valence-electron chi connectivity index (χ2n) is 3.61. The Kier molecular flexibility index (Phi) is 4.97. The number of hydrogen-bond acceptors (Lipinski definition) is 4. The van der Waals surface area contributed by atoms with Crippen LogP contribution in [-0.2, 0) is 9.05 Å². The first kappa shape index (κ1) is 14.5. The molecule has 0 aliphatic rings. The third kappa shape index (κ3) is 3.69. The van der Waals surface area contributed by atoms with E-state index in [-0.39, 0.29) is 10.1 Å². The molecule has 1 amide bonds. The van der Waals surface area contributed by atoms with Crippen molar-refractivity contribution in [1.29, 1.82) is 0 Å². The highest BCUT2D eigenvalue weighted by Crippen LogP contribution is 2.29. The van der Waals surface area contributed by atoms with Crippen LogP contribution in [0.15, 0.2) is 9.59 Å². The summed E-state index contributed by atoms with van der Waals surface area (Å²) in [5.41, 5.74) is 0.796. The third-order valence-corrected chi connectivity index (χ3v) is 5.58. The van der Waals surface area contributed by atoms with E-state index in [4.69, 9.17) is 10.7 Å². The Balaban J connectivity index is 2.87. The van der Waals surface area contributed by atoms with Crippen LogP contribution in [0.1, 0.15) is 35.7 Å². The molecule has 1 N–H and O–H groups in total. The Morgan fingerprint density at radius 3 is 2.65 bits per heavy atom. The minimum Gasteiger partial charge on any atom is -0.352 e. The first-order valence-corrected chi connectivity index (χ1v) is 8.37. The van der Waals surface area contributed by atoms with Gasteiger partial charge in [-0.1, -0.05) is 13.3 Å². The number of carbonyl (C=O) groups excluding carboxylic acids is 1. The molecule has 4 nitrogen and oxygen atoms in total. The lowest BCUT2D eigenvalue weighted by atomic mass is 10.2. The van der Waals surface area contributed by atoms with Gasteiger partial charge in [-0.25, -0.2) is 8.42 Å². The Morgan fingerprint density at radius 1 is 1.53 bits per heavy atom. The zero-order valence-electron chi connectivity index (χ0n) is 9.62. The van der Waals surface area contributed by atoms with E-state index in [1.54, 1.807) is 6.92 Å². The Morgan fingerprint density at radius 2 is 2.18 bits per heavy atom. The number of nitrogens with one attached hydrogen (secondary N) is 1. The molecule has 0 bridgehead atoms. The highest BCUT2D eigenvalue weighted by atomic mass is 35.7. The largest absolute Gasteiger partial charge is 0.352 e. The maximum atomic E-state index is 11.7. The molecule has 0 aromatic carbocycles. The van der Waals surface area contributed by atoms with Crippen LogP contribution in [0.3, 0.4) is 0 Å². The molecule has 7 heteroatoms. The summed E-state index contributed by atoms with van der Waals surface area (Å²) < 4.78 is 22.4. The predicted octanol–water partition coefficient (Wildman–Crippen LogP) is 2.51. The summed E-state index contributed by atoms with van der Waals surface area (Å²) in [6, 6.07) is 0. The van der Waals surface area contributed by atoms with Gasteiger partial charge in [0.25, 0.3) is 15.0 Å². The summed E-state index contributed by atoms with van der Waals surface area (Å²) in [7, 11) is 1.50. The van der Waals surface area contributed by atoms with E-state index < -0.39 is 9.05 Å². The smallest absolute Gasteiger partial charge is 0.271 e. The van der Waals surface area contributed by atoms with Crippen molar-refractivity contribution in [3.05, 3.63) is 16.5 Å². The SMILES string of the molecule is CCCCNC(=O)c1csc(S(=O)(=O)Cl)c1C. The van der Waals surface area contributed by atoms with Gasteiger partial charge in [0, 0.05) is 22.6 Å². The van der Waals surface area contributed by atoms with Crippen LogP contribution in [0.25, 0.3) is 0 Å². The zero-order valence-corrected chi connectivity index (χ0v) is 12.0. The van der Waals surface area contributed by atoms with Gasteiger partial charge in [0.15, 0.2) is 0 Å². The number of amides is 1. The molecular weight excluding hydrogens is 282 g/mol. The highest BCUT2D eigenvalue weighted by molar-refractivity contribution is 8.15. The van der Waals surface area contributed by atoms with Gasteiger partial charge in [-0.3, -0.25) is 4.79 Å². The van der Waals surface area contributed by atoms with Crippen molar-refractivity contribution in [2.24, 2.45) is 0 Å². The van der Waals surface area contributed by atoms with Gasteiger partial charge in [0.05, 0.1) is 5.56 Å². The summed E-state index contributed by atoms with van der Waals surface area (Å²) in [6.45, 7) is 4.20. The number of rotatable bonds is 5. The van der Waals surface area contributed by atoms with Gasteiger partial charge in [-0.15, -0.1) is 11.3 Å². The lowest BCUT2D eigenvalue weighted by Gasteiger charge is -2.03. The molecular formula is C10H14ClNO3S2. The molecule has 1 heterocycles. The fourth-order valence-electron chi connectivity index (χ4n) is 1.34. The summed E-state index contributed by atoms with van der Waals surface area (Å²) in [5, 5.41) is 4.26. The number of carbonyl (C=O) groups is 1. The van der Waals surface area contributed by atoms with E-state index in [0.29, 0.717) is 17.7 Å². The van der Waals surface area contributed by atoms with Crippen LogP contribution in [0.4, 0.5) is 0 Å². The van der Waals surface area contributed by atoms with Crippen LogP contribution in [0.2, 0.25) is 0 Å². The van der Waals surface area contributed by atoms with E-state index in [9.17, 15) is 13.2 Å². The number of unbranched alkanes of at least 4 members (excludes halogenated alkanes) is 1. The van der Waals surface area contributed by atoms with E-state index in [1.165, 1.54) is 5.38 Å². The summed E-state index contributed by atoms with van der Waals surface area (Å²) in [5.74, 6) is -0.251. The lowest BCUT2D eigenvalue weighted by molar-refractivity contribution is 0.0953. The molecule has 0 saturated heterocycles. The molecule has 0 radical (unpaired) electrons. The Labute approximate surface area is 109 Å². The third-order valence-electron chi connectivity index (χ3n) is 2.28. The molecule has 1 rings (SSSR count). The summed E-state index contributed by atoms with van der Waals surface area (Å²) in [6.07, 6.45) is 1.89. The van der Waals surface area contributed by atoms with Gasteiger partial charge in [-0.05, 0) is 18.9 Å². The Bertz CT molecular complexity index is 508. The lowest BCUT2D eigenvalue weighted by Crippen LogP contribution is -2.24. The second-order valence-corrected chi connectivity index (χ2v) is 7.25. The van der Waals surface area contributed by atoms with E-state index in [2.05, 4.69) is 5.32 Å². The van der Waals surface area contributed by atoms with Crippen LogP contribution >= 0.6 is 22.0 Å². The van der Waals surface area contributed by atoms with E-state index in [0.717, 1.165) is 24.2 Å². The first-order chi connectivity index (χ1) is 7.88. The van der Waals surface area contributed by atoms with Crippen molar-refractivity contribution in [3.63, 3.8) is 0 Å². The molecule has 0 saturated carbocycles. The molecule has 0 aliphatic carbocycles. The molecule has 96 valence electrons.